The van der Waals surface area contributed by atoms with Crippen molar-refractivity contribution in [3.8, 4) is 67.3 Å². The molecule has 0 aliphatic rings. The van der Waals surface area contributed by atoms with Gasteiger partial charge in [-0.1, -0.05) is 121 Å². The Labute approximate surface area is 354 Å². The predicted octanol–water partition coefficient (Wildman–Crippen LogP) is 15.8. The highest BCUT2D eigenvalue weighted by Gasteiger charge is 2.17. The molecular weight excluding hydrogens is 767 g/mol. The molecule has 0 radical (unpaired) electrons. The molecule has 0 unspecified atom stereocenters. The van der Waals surface area contributed by atoms with E-state index in [-0.39, 0.29) is 0 Å². The zero-order valence-corrected chi connectivity index (χ0v) is 33.8. The summed E-state index contributed by atoms with van der Waals surface area (Å²) < 4.78 is 5.19. The third-order valence-electron chi connectivity index (χ3n) is 11.6. The van der Waals surface area contributed by atoms with Gasteiger partial charge < -0.3 is 0 Å². The van der Waals surface area contributed by atoms with Crippen LogP contribution in [0, 0.1) is 0 Å². The molecule has 8 aromatic carbocycles. The topological polar surface area (TPSA) is 38.7 Å². The molecule has 4 aromatic heterocycles. The summed E-state index contributed by atoms with van der Waals surface area (Å²) in [5, 5.41) is 7.37. The lowest BCUT2D eigenvalue weighted by atomic mass is 9.93. The third kappa shape index (κ3) is 5.98. The molecule has 0 aliphatic carbocycles. The van der Waals surface area contributed by atoms with Gasteiger partial charge in [0.1, 0.15) is 0 Å². The van der Waals surface area contributed by atoms with Crippen molar-refractivity contribution in [2.45, 2.75) is 0 Å². The molecule has 280 valence electrons. The summed E-state index contributed by atoms with van der Waals surface area (Å²) in [5.41, 5.74) is 11.6. The normalized spacial score (nSPS) is 11.7. The largest absolute Gasteiger partial charge is 0.264 e. The van der Waals surface area contributed by atoms with Crippen LogP contribution in [0.15, 0.2) is 200 Å². The van der Waals surface area contributed by atoms with Crippen LogP contribution in [-0.2, 0) is 0 Å². The number of hydrogen-bond donors (Lipinski definition) is 0. The van der Waals surface area contributed by atoms with Gasteiger partial charge in [0.15, 0.2) is 5.82 Å². The number of rotatable bonds is 6. The van der Waals surface area contributed by atoms with Gasteiger partial charge >= 0.3 is 0 Å². The van der Waals surface area contributed by atoms with Gasteiger partial charge in [-0.05, 0) is 105 Å². The Kier molecular flexibility index (Phi) is 8.22. The standard InChI is InChI=1S/C55H33N3S2/c1-2-11-34(12-3-1)49-32-50(58-55(57-49)46-19-9-17-42-41(16-8-18-43(42)46)37-13-10-26-56-33-37)40-28-38(35-22-24-53-47(30-35)44-14-4-6-20-51(44)59-53)27-39(29-40)36-23-25-54-48(31-36)45-15-5-7-21-52(45)60-54/h1-33H. The lowest BCUT2D eigenvalue weighted by Gasteiger charge is -2.15. The molecule has 0 fully saturated rings. The second-order valence-electron chi connectivity index (χ2n) is 15.2. The first kappa shape index (κ1) is 34.7. The van der Waals surface area contributed by atoms with Gasteiger partial charge in [0, 0.05) is 75.0 Å². The van der Waals surface area contributed by atoms with Gasteiger partial charge in [-0.2, -0.15) is 0 Å². The maximum Gasteiger partial charge on any atom is 0.161 e. The van der Waals surface area contributed by atoms with Crippen LogP contribution >= 0.6 is 22.7 Å². The van der Waals surface area contributed by atoms with Crippen molar-refractivity contribution in [3.05, 3.63) is 200 Å². The van der Waals surface area contributed by atoms with Crippen LogP contribution in [0.5, 0.6) is 0 Å². The lowest BCUT2D eigenvalue weighted by molar-refractivity contribution is 1.19. The molecule has 0 amide bonds. The van der Waals surface area contributed by atoms with Crippen molar-refractivity contribution in [1.29, 1.82) is 0 Å². The molecule has 3 nitrogen and oxygen atoms in total. The van der Waals surface area contributed by atoms with Crippen molar-refractivity contribution >= 4 is 73.8 Å². The van der Waals surface area contributed by atoms with Crippen LogP contribution in [0.3, 0.4) is 0 Å². The van der Waals surface area contributed by atoms with E-state index < -0.39 is 0 Å². The summed E-state index contributed by atoms with van der Waals surface area (Å²) in [6.07, 6.45) is 3.74. The SMILES string of the molecule is c1ccc(-c2cc(-c3cc(-c4ccc5sc6ccccc6c5c4)cc(-c4ccc5sc6ccccc6c5c4)c3)nc(-c3cccc4c(-c5cccnc5)cccc34)n2)cc1. The van der Waals surface area contributed by atoms with Crippen molar-refractivity contribution in [3.63, 3.8) is 0 Å². The van der Waals surface area contributed by atoms with Gasteiger partial charge in [-0.25, -0.2) is 9.97 Å². The zero-order chi connectivity index (χ0) is 39.6. The Morgan fingerprint density at radius 2 is 0.817 bits per heavy atom. The van der Waals surface area contributed by atoms with Crippen LogP contribution in [0.1, 0.15) is 0 Å². The molecular formula is C55H33N3S2. The highest BCUT2D eigenvalue weighted by molar-refractivity contribution is 7.26. The van der Waals surface area contributed by atoms with E-state index in [1.165, 1.54) is 51.5 Å². The molecule has 0 saturated carbocycles. The van der Waals surface area contributed by atoms with Crippen LogP contribution in [-0.4, -0.2) is 15.0 Å². The van der Waals surface area contributed by atoms with Crippen LogP contribution < -0.4 is 0 Å². The first-order valence-electron chi connectivity index (χ1n) is 20.1. The van der Waals surface area contributed by atoms with Gasteiger partial charge in [0.05, 0.1) is 11.4 Å². The van der Waals surface area contributed by atoms with Crippen molar-refractivity contribution in [2.24, 2.45) is 0 Å². The second kappa shape index (κ2) is 14.2. The van der Waals surface area contributed by atoms with Crippen molar-refractivity contribution in [1.82, 2.24) is 15.0 Å². The average molecular weight is 800 g/mol. The third-order valence-corrected chi connectivity index (χ3v) is 13.9. The molecule has 5 heteroatoms. The molecule has 12 rings (SSSR count). The zero-order valence-electron chi connectivity index (χ0n) is 32.2. The Balaban J connectivity index is 1.09. The molecule has 0 N–H and O–H groups in total. The Morgan fingerprint density at radius 1 is 0.300 bits per heavy atom. The van der Waals surface area contributed by atoms with Gasteiger partial charge in [0.2, 0.25) is 0 Å². The summed E-state index contributed by atoms with van der Waals surface area (Å²) in [6, 6.07) is 67.8. The Hall–Kier alpha value is -7.31. The summed E-state index contributed by atoms with van der Waals surface area (Å²) in [4.78, 5) is 15.2. The van der Waals surface area contributed by atoms with Crippen molar-refractivity contribution in [2.75, 3.05) is 0 Å². The van der Waals surface area contributed by atoms with Gasteiger partial charge in [-0.15, -0.1) is 22.7 Å². The summed E-state index contributed by atoms with van der Waals surface area (Å²) in [7, 11) is 0. The number of aromatic nitrogens is 3. The van der Waals surface area contributed by atoms with Crippen LogP contribution in [0.25, 0.3) is 118 Å². The van der Waals surface area contributed by atoms with E-state index in [0.29, 0.717) is 5.82 Å². The maximum absolute atomic E-state index is 5.47. The number of nitrogens with zero attached hydrogens (tertiary/aromatic N) is 3. The van der Waals surface area contributed by atoms with Crippen LogP contribution in [0.2, 0.25) is 0 Å². The number of benzene rings is 8. The molecule has 0 atom stereocenters. The predicted molar refractivity (Wildman–Crippen MR) is 256 cm³/mol. The molecule has 0 bridgehead atoms. The molecule has 0 aliphatic heterocycles. The molecule has 60 heavy (non-hydrogen) atoms. The molecule has 0 saturated heterocycles. The van der Waals surface area contributed by atoms with E-state index in [2.05, 4.69) is 181 Å². The minimum atomic E-state index is 0.685. The Morgan fingerprint density at radius 3 is 1.45 bits per heavy atom. The minimum Gasteiger partial charge on any atom is -0.264 e. The monoisotopic (exact) mass is 799 g/mol. The van der Waals surface area contributed by atoms with E-state index in [1.54, 1.807) is 0 Å². The van der Waals surface area contributed by atoms with E-state index in [9.17, 15) is 0 Å². The van der Waals surface area contributed by atoms with Crippen molar-refractivity contribution < 1.29 is 0 Å². The number of thiophene rings is 2. The molecule has 12 aromatic rings. The first-order chi connectivity index (χ1) is 29.7. The summed E-state index contributed by atoms with van der Waals surface area (Å²) >= 11 is 3.70. The maximum atomic E-state index is 5.47. The molecule has 0 spiro atoms. The first-order valence-corrected chi connectivity index (χ1v) is 21.7. The molecule has 4 heterocycles. The summed E-state index contributed by atoms with van der Waals surface area (Å²) in [6.45, 7) is 0. The van der Waals surface area contributed by atoms with Gasteiger partial charge in [-0.3, -0.25) is 4.98 Å². The van der Waals surface area contributed by atoms with E-state index in [0.717, 1.165) is 61.1 Å². The number of pyridine rings is 1. The minimum absolute atomic E-state index is 0.685. The van der Waals surface area contributed by atoms with E-state index in [1.807, 2.05) is 47.2 Å². The number of hydrogen-bond acceptors (Lipinski definition) is 5. The smallest absolute Gasteiger partial charge is 0.161 e. The highest BCUT2D eigenvalue weighted by Crippen LogP contribution is 2.42. The fraction of sp³-hybridized carbons (Fsp3) is 0. The quantitative estimate of drug-likeness (QED) is 0.168. The lowest BCUT2D eigenvalue weighted by Crippen LogP contribution is -1.97. The summed E-state index contributed by atoms with van der Waals surface area (Å²) in [5.74, 6) is 0.685. The fourth-order valence-corrected chi connectivity index (χ4v) is 10.8. The highest BCUT2D eigenvalue weighted by atomic mass is 32.1. The van der Waals surface area contributed by atoms with Crippen LogP contribution in [0.4, 0.5) is 0 Å². The van der Waals surface area contributed by atoms with E-state index in [4.69, 9.17) is 9.97 Å². The van der Waals surface area contributed by atoms with Gasteiger partial charge in [0.25, 0.3) is 0 Å². The average Bonchev–Trinajstić information content (AvgIpc) is 3.89. The fourth-order valence-electron chi connectivity index (χ4n) is 8.67. The van der Waals surface area contributed by atoms with E-state index >= 15 is 0 Å². The second-order valence-corrected chi connectivity index (χ2v) is 17.4. The Bertz CT molecular complexity index is 3470. The number of fused-ring (bicyclic) bond motifs is 7.